The van der Waals surface area contributed by atoms with Gasteiger partial charge in [-0.15, -0.1) is 0 Å². The Labute approximate surface area is 153 Å². The van der Waals surface area contributed by atoms with E-state index in [9.17, 15) is 9.90 Å². The molecule has 26 heavy (non-hydrogen) atoms. The van der Waals surface area contributed by atoms with Gasteiger partial charge in [0.2, 0.25) is 5.88 Å². The van der Waals surface area contributed by atoms with Gasteiger partial charge in [0.25, 0.3) is 5.91 Å². The van der Waals surface area contributed by atoms with E-state index in [1.54, 1.807) is 39.2 Å². The van der Waals surface area contributed by atoms with E-state index in [0.29, 0.717) is 18.1 Å². The first-order valence-electron chi connectivity index (χ1n) is 8.64. The van der Waals surface area contributed by atoms with Crippen LogP contribution < -0.4 is 9.47 Å². The number of hydrogen-bond acceptors (Lipinski definition) is 5. The van der Waals surface area contributed by atoms with Crippen LogP contribution in [-0.4, -0.2) is 52.5 Å². The monoisotopic (exact) mass is 359 g/mol. The Balaban J connectivity index is 1.86. The van der Waals surface area contributed by atoms with Crippen molar-refractivity contribution in [2.24, 2.45) is 7.05 Å². The fraction of sp³-hybridized carbons (Fsp3) is 0.474. The van der Waals surface area contributed by atoms with Crippen molar-refractivity contribution < 1.29 is 19.4 Å². The molecule has 1 amide bonds. The Kier molecular flexibility index (Phi) is 4.91. The van der Waals surface area contributed by atoms with Crippen molar-refractivity contribution in [2.75, 3.05) is 20.8 Å². The molecule has 3 rings (SSSR count). The topological polar surface area (TPSA) is 76.8 Å². The van der Waals surface area contributed by atoms with E-state index in [0.717, 1.165) is 24.2 Å². The number of benzene rings is 1. The largest absolute Gasteiger partial charge is 0.497 e. The van der Waals surface area contributed by atoms with Gasteiger partial charge < -0.3 is 19.5 Å². The van der Waals surface area contributed by atoms with Crippen molar-refractivity contribution in [3.8, 4) is 11.6 Å². The number of amides is 1. The van der Waals surface area contributed by atoms with Gasteiger partial charge in [0.05, 0.1) is 20.3 Å². The minimum Gasteiger partial charge on any atom is -0.497 e. The number of nitrogens with zero attached hydrogens (tertiary/aromatic N) is 3. The zero-order valence-electron chi connectivity index (χ0n) is 15.6. The fourth-order valence-electron chi connectivity index (χ4n) is 3.61. The number of carbonyl (C=O) groups is 1. The minimum atomic E-state index is -1.17. The summed E-state index contributed by atoms with van der Waals surface area (Å²) in [5.41, 5.74) is -0.0968. The molecule has 1 fully saturated rings. The van der Waals surface area contributed by atoms with Crippen LogP contribution in [0.5, 0.6) is 11.6 Å². The first-order chi connectivity index (χ1) is 12.4. The number of aryl methyl sites for hydroxylation is 1. The number of ether oxygens (including phenoxy) is 2. The smallest absolute Gasteiger partial charge is 0.274 e. The molecule has 1 N–H and O–H groups in total. The van der Waals surface area contributed by atoms with Gasteiger partial charge >= 0.3 is 0 Å². The van der Waals surface area contributed by atoms with Crippen LogP contribution in [0.2, 0.25) is 0 Å². The number of aromatic nitrogens is 2. The van der Waals surface area contributed by atoms with Gasteiger partial charge in [-0.05, 0) is 37.5 Å². The zero-order chi connectivity index (χ0) is 18.9. The molecule has 1 aromatic heterocycles. The SMILES string of the molecule is COc1ccc([C@](C)(O)[C@@H]2CCCN2C(=O)c2cc(OC)n(C)n2)cc1. The average Bonchev–Trinajstić information content (AvgIpc) is 3.28. The number of hydrogen-bond donors (Lipinski definition) is 1. The highest BCUT2D eigenvalue weighted by Crippen LogP contribution is 2.36. The molecular formula is C19H25N3O4. The van der Waals surface area contributed by atoms with Crippen LogP contribution in [0.3, 0.4) is 0 Å². The summed E-state index contributed by atoms with van der Waals surface area (Å²) in [4.78, 5) is 14.7. The maximum Gasteiger partial charge on any atom is 0.274 e. The molecular weight excluding hydrogens is 334 g/mol. The van der Waals surface area contributed by atoms with E-state index in [4.69, 9.17) is 9.47 Å². The number of methoxy groups -OCH3 is 2. The quantitative estimate of drug-likeness (QED) is 0.883. The van der Waals surface area contributed by atoms with Crippen LogP contribution in [0.1, 0.15) is 35.8 Å². The number of aliphatic hydroxyl groups is 1. The molecule has 2 atom stereocenters. The predicted octanol–water partition coefficient (Wildman–Crippen LogP) is 1.95. The third-order valence-electron chi connectivity index (χ3n) is 5.10. The van der Waals surface area contributed by atoms with Crippen LogP contribution in [0.15, 0.2) is 30.3 Å². The zero-order valence-corrected chi connectivity index (χ0v) is 15.6. The van der Waals surface area contributed by atoms with Crippen molar-refractivity contribution in [1.29, 1.82) is 0 Å². The summed E-state index contributed by atoms with van der Waals surface area (Å²) in [6.45, 7) is 2.35. The van der Waals surface area contributed by atoms with Crippen LogP contribution in [0.4, 0.5) is 0 Å². The Morgan fingerprint density at radius 3 is 2.54 bits per heavy atom. The van der Waals surface area contributed by atoms with Gasteiger partial charge in [0.15, 0.2) is 5.69 Å². The maximum atomic E-state index is 13.0. The first-order valence-corrected chi connectivity index (χ1v) is 8.64. The molecule has 2 heterocycles. The highest BCUT2D eigenvalue weighted by molar-refractivity contribution is 5.93. The van der Waals surface area contributed by atoms with Crippen molar-refractivity contribution >= 4 is 5.91 Å². The van der Waals surface area contributed by atoms with Crippen LogP contribution >= 0.6 is 0 Å². The van der Waals surface area contributed by atoms with Crippen LogP contribution in [0.25, 0.3) is 0 Å². The summed E-state index contributed by atoms with van der Waals surface area (Å²) in [6.07, 6.45) is 1.57. The number of carbonyl (C=O) groups excluding carboxylic acids is 1. The van der Waals surface area contributed by atoms with Gasteiger partial charge in [0.1, 0.15) is 11.4 Å². The molecule has 7 nitrogen and oxygen atoms in total. The Bertz CT molecular complexity index is 783. The molecule has 1 aliphatic rings. The van der Waals surface area contributed by atoms with E-state index in [-0.39, 0.29) is 11.9 Å². The van der Waals surface area contributed by atoms with Gasteiger partial charge in [0, 0.05) is 19.7 Å². The van der Waals surface area contributed by atoms with E-state index >= 15 is 0 Å². The number of rotatable bonds is 5. The van der Waals surface area contributed by atoms with E-state index in [1.807, 2.05) is 24.3 Å². The third kappa shape index (κ3) is 3.14. The summed E-state index contributed by atoms with van der Waals surface area (Å²) in [7, 11) is 4.87. The fourth-order valence-corrected chi connectivity index (χ4v) is 3.61. The Morgan fingerprint density at radius 2 is 1.96 bits per heavy atom. The van der Waals surface area contributed by atoms with Crippen molar-refractivity contribution in [1.82, 2.24) is 14.7 Å². The summed E-state index contributed by atoms with van der Waals surface area (Å²) in [5.74, 6) is 1.05. The molecule has 1 aliphatic heterocycles. The van der Waals surface area contributed by atoms with Gasteiger partial charge in [-0.2, -0.15) is 5.10 Å². The summed E-state index contributed by atoms with van der Waals surface area (Å²) < 4.78 is 11.9. The van der Waals surface area contributed by atoms with E-state index in [2.05, 4.69) is 5.10 Å². The van der Waals surface area contributed by atoms with Gasteiger partial charge in [-0.3, -0.25) is 4.79 Å². The second-order valence-electron chi connectivity index (χ2n) is 6.73. The second kappa shape index (κ2) is 6.99. The standard InChI is InChI=1S/C19H25N3O4/c1-19(24,13-7-9-14(25-3)10-8-13)16-6-5-11-22(16)18(23)15-12-17(26-4)21(2)20-15/h7-10,12,16,24H,5-6,11H2,1-4H3/t16-,19-/m0/s1. The lowest BCUT2D eigenvalue weighted by Crippen LogP contribution is -2.48. The normalized spacial score (nSPS) is 19.3. The third-order valence-corrected chi connectivity index (χ3v) is 5.10. The minimum absolute atomic E-state index is 0.194. The molecule has 1 aromatic carbocycles. The molecule has 0 bridgehead atoms. The molecule has 7 heteroatoms. The van der Waals surface area contributed by atoms with E-state index < -0.39 is 5.60 Å². The molecule has 0 spiro atoms. The highest BCUT2D eigenvalue weighted by atomic mass is 16.5. The molecule has 0 aliphatic carbocycles. The summed E-state index contributed by atoms with van der Waals surface area (Å²) >= 11 is 0. The lowest BCUT2D eigenvalue weighted by atomic mass is 9.86. The molecule has 0 radical (unpaired) electrons. The van der Waals surface area contributed by atoms with Gasteiger partial charge in [-0.1, -0.05) is 12.1 Å². The summed E-state index contributed by atoms with van der Waals surface area (Å²) in [6, 6.07) is 8.60. The van der Waals surface area contributed by atoms with Crippen molar-refractivity contribution in [3.05, 3.63) is 41.6 Å². The Morgan fingerprint density at radius 1 is 1.27 bits per heavy atom. The predicted molar refractivity (Wildman–Crippen MR) is 96.4 cm³/mol. The molecule has 140 valence electrons. The average molecular weight is 359 g/mol. The lowest BCUT2D eigenvalue weighted by Gasteiger charge is -2.36. The molecule has 1 saturated heterocycles. The van der Waals surface area contributed by atoms with Gasteiger partial charge in [-0.25, -0.2) is 4.68 Å². The Hall–Kier alpha value is -2.54. The molecule has 2 aromatic rings. The second-order valence-corrected chi connectivity index (χ2v) is 6.73. The maximum absolute atomic E-state index is 13.0. The summed E-state index contributed by atoms with van der Waals surface area (Å²) in [5, 5.41) is 15.5. The number of likely N-dealkylation sites (tertiary alicyclic amines) is 1. The van der Waals surface area contributed by atoms with Crippen LogP contribution in [0, 0.1) is 0 Å². The lowest BCUT2D eigenvalue weighted by molar-refractivity contribution is -0.0179. The molecule has 0 unspecified atom stereocenters. The highest BCUT2D eigenvalue weighted by Gasteiger charge is 2.43. The van der Waals surface area contributed by atoms with Crippen molar-refractivity contribution in [3.63, 3.8) is 0 Å². The van der Waals surface area contributed by atoms with Crippen LogP contribution in [-0.2, 0) is 12.6 Å². The first kappa shape index (κ1) is 18.3. The molecule has 0 saturated carbocycles. The van der Waals surface area contributed by atoms with E-state index in [1.165, 1.54) is 4.68 Å². The van der Waals surface area contributed by atoms with Crippen molar-refractivity contribution in [2.45, 2.75) is 31.4 Å².